The van der Waals surface area contributed by atoms with Crippen LogP contribution in [0, 0.1) is 0 Å². The van der Waals surface area contributed by atoms with Gasteiger partial charge in [0.1, 0.15) is 6.04 Å². The first-order valence-corrected chi connectivity index (χ1v) is 12.3. The van der Waals surface area contributed by atoms with Gasteiger partial charge in [-0.15, -0.1) is 0 Å². The molecule has 5 rings (SSSR count). The van der Waals surface area contributed by atoms with Crippen LogP contribution in [0.4, 0.5) is 0 Å². The molecule has 0 aliphatic heterocycles. The van der Waals surface area contributed by atoms with Crippen molar-refractivity contribution in [3.63, 3.8) is 0 Å². The van der Waals surface area contributed by atoms with Crippen LogP contribution in [0.5, 0.6) is 0 Å². The lowest BCUT2D eigenvalue weighted by atomic mass is 9.98. The van der Waals surface area contributed by atoms with Gasteiger partial charge in [0.2, 0.25) is 0 Å². The normalized spacial score (nSPS) is 14.3. The van der Waals surface area contributed by atoms with E-state index in [0.717, 1.165) is 47.8 Å². The van der Waals surface area contributed by atoms with Crippen LogP contribution in [0.15, 0.2) is 79.5 Å². The van der Waals surface area contributed by atoms with Gasteiger partial charge >= 0.3 is 5.97 Å². The van der Waals surface area contributed by atoms with E-state index >= 15 is 0 Å². The van der Waals surface area contributed by atoms with Gasteiger partial charge in [0.05, 0.1) is 11.4 Å². The summed E-state index contributed by atoms with van der Waals surface area (Å²) in [6.07, 6.45) is 9.47. The van der Waals surface area contributed by atoms with E-state index in [1.54, 1.807) is 18.3 Å². The average molecular weight is 480 g/mol. The second-order valence-corrected chi connectivity index (χ2v) is 9.15. The molecule has 0 saturated carbocycles. The molecule has 2 aromatic carbocycles. The van der Waals surface area contributed by atoms with Gasteiger partial charge in [0, 0.05) is 47.1 Å². The number of allylic oxidation sites excluding steroid dienone is 1. The number of nitrogens with zero attached hydrogens (tertiary/aromatic N) is 1. The van der Waals surface area contributed by atoms with Gasteiger partial charge < -0.3 is 20.0 Å². The summed E-state index contributed by atoms with van der Waals surface area (Å²) in [7, 11) is 0. The lowest BCUT2D eigenvalue weighted by Gasteiger charge is -2.20. The zero-order valence-corrected chi connectivity index (χ0v) is 20.0. The fourth-order valence-electron chi connectivity index (χ4n) is 5.05. The predicted octanol–water partition coefficient (Wildman–Crippen LogP) is 5.46. The Hall–Kier alpha value is -4.32. The summed E-state index contributed by atoms with van der Waals surface area (Å²) in [4.78, 5) is 28.8. The molecule has 0 spiro atoms. The molecule has 6 heteroatoms. The maximum absolute atomic E-state index is 13.2. The highest BCUT2D eigenvalue weighted by Gasteiger charge is 2.25. The third-order valence-electron chi connectivity index (χ3n) is 6.86. The molecule has 6 nitrogen and oxygen atoms in total. The minimum absolute atomic E-state index is 0.191. The predicted molar refractivity (Wildman–Crippen MR) is 143 cm³/mol. The van der Waals surface area contributed by atoms with Crippen LogP contribution in [-0.2, 0) is 24.1 Å². The number of benzene rings is 2. The Morgan fingerprint density at radius 3 is 2.61 bits per heavy atom. The molecule has 2 aromatic heterocycles. The standard InChI is InChI=1S/C30H29N3O3/c1-2-33-27-15-9-6-12-21(27)17-28(33)25(18-29(34)20-10-4-3-5-11-20)32-26(30(35)36)16-22-19-31-24-14-8-7-13-23(22)24/h2-5,7-8,10-11,13-14,17-19,26,31-32H,1,6,9,12,15-16H2,(H,35,36)/b25-18-. The van der Waals surface area contributed by atoms with Crippen molar-refractivity contribution in [2.45, 2.75) is 38.1 Å². The van der Waals surface area contributed by atoms with Gasteiger partial charge in [-0.3, -0.25) is 4.79 Å². The number of fused-ring (bicyclic) bond motifs is 2. The first-order chi connectivity index (χ1) is 17.5. The Morgan fingerprint density at radius 1 is 1.08 bits per heavy atom. The van der Waals surface area contributed by atoms with Gasteiger partial charge in [-0.2, -0.15) is 0 Å². The SMILES string of the molecule is C=Cn1c(/C(=C/C(=O)c2ccccc2)NC(Cc2c[nH]c3ccccc23)C(=O)O)cc2c1CCCC2. The molecule has 1 aliphatic rings. The molecule has 0 amide bonds. The fraction of sp³-hybridized carbons (Fsp3) is 0.200. The topological polar surface area (TPSA) is 87.1 Å². The average Bonchev–Trinajstić information content (AvgIpc) is 3.49. The molecular weight excluding hydrogens is 450 g/mol. The number of aromatic nitrogens is 2. The Labute approximate surface area is 210 Å². The van der Waals surface area contributed by atoms with Crippen molar-refractivity contribution in [1.82, 2.24) is 14.9 Å². The molecular formula is C30H29N3O3. The number of hydrogen-bond acceptors (Lipinski definition) is 3. The second-order valence-electron chi connectivity index (χ2n) is 9.15. The Balaban J connectivity index is 1.55. The van der Waals surface area contributed by atoms with E-state index < -0.39 is 12.0 Å². The summed E-state index contributed by atoms with van der Waals surface area (Å²) in [6, 6.07) is 18.0. The number of carbonyl (C=O) groups excluding carboxylic acids is 1. The Bertz CT molecular complexity index is 1460. The van der Waals surface area contributed by atoms with Gasteiger partial charge in [0.25, 0.3) is 0 Å². The van der Waals surface area contributed by atoms with Crippen LogP contribution < -0.4 is 5.32 Å². The number of nitrogens with one attached hydrogen (secondary N) is 2. The molecule has 1 aliphatic carbocycles. The summed E-state index contributed by atoms with van der Waals surface area (Å²) in [6.45, 7) is 4.00. The molecule has 2 heterocycles. The highest BCUT2D eigenvalue weighted by Crippen LogP contribution is 2.29. The number of hydrogen-bond donors (Lipinski definition) is 3. The van der Waals surface area contributed by atoms with Crippen molar-refractivity contribution < 1.29 is 14.7 Å². The van der Waals surface area contributed by atoms with Crippen LogP contribution in [-0.4, -0.2) is 32.5 Å². The first kappa shape index (κ1) is 23.4. The maximum atomic E-state index is 13.2. The van der Waals surface area contributed by atoms with Crippen molar-refractivity contribution in [3.05, 3.63) is 108 Å². The number of para-hydroxylation sites is 1. The van der Waals surface area contributed by atoms with E-state index in [2.05, 4.69) is 22.9 Å². The van der Waals surface area contributed by atoms with Crippen molar-refractivity contribution in [1.29, 1.82) is 0 Å². The van der Waals surface area contributed by atoms with E-state index in [1.165, 1.54) is 17.3 Å². The number of aliphatic carboxylic acids is 1. The van der Waals surface area contributed by atoms with Crippen molar-refractivity contribution in [2.75, 3.05) is 0 Å². The highest BCUT2D eigenvalue weighted by atomic mass is 16.4. The minimum atomic E-state index is -0.986. The van der Waals surface area contributed by atoms with Crippen LogP contribution in [0.1, 0.15) is 45.7 Å². The molecule has 3 N–H and O–H groups in total. The first-order valence-electron chi connectivity index (χ1n) is 12.3. The van der Waals surface area contributed by atoms with Gasteiger partial charge in [0.15, 0.2) is 5.78 Å². The van der Waals surface area contributed by atoms with Crippen LogP contribution in [0.25, 0.3) is 22.8 Å². The lowest BCUT2D eigenvalue weighted by Crippen LogP contribution is -2.38. The van der Waals surface area contributed by atoms with Crippen LogP contribution in [0.3, 0.4) is 0 Å². The van der Waals surface area contributed by atoms with Crippen molar-refractivity contribution >= 4 is 34.6 Å². The number of rotatable bonds is 9. The Kier molecular flexibility index (Phi) is 6.58. The van der Waals surface area contributed by atoms with Gasteiger partial charge in [-0.25, -0.2) is 4.79 Å². The second kappa shape index (κ2) is 10.1. The number of carboxylic acid groups (broad SMARTS) is 1. The molecule has 1 atom stereocenters. The summed E-state index contributed by atoms with van der Waals surface area (Å²) in [5, 5.41) is 14.4. The zero-order chi connectivity index (χ0) is 25.1. The van der Waals surface area contributed by atoms with Crippen molar-refractivity contribution in [3.8, 4) is 0 Å². The summed E-state index contributed by atoms with van der Waals surface area (Å²) < 4.78 is 2.00. The van der Waals surface area contributed by atoms with Gasteiger partial charge in [-0.1, -0.05) is 55.1 Å². The van der Waals surface area contributed by atoms with E-state index in [1.807, 2.05) is 53.2 Å². The largest absolute Gasteiger partial charge is 0.480 e. The molecule has 0 bridgehead atoms. The quantitative estimate of drug-likeness (QED) is 0.220. The lowest BCUT2D eigenvalue weighted by molar-refractivity contribution is -0.139. The van der Waals surface area contributed by atoms with Crippen LogP contribution in [0.2, 0.25) is 0 Å². The van der Waals surface area contributed by atoms with E-state index in [0.29, 0.717) is 11.3 Å². The molecule has 1 unspecified atom stereocenters. The number of ketones is 1. The third kappa shape index (κ3) is 4.62. The highest BCUT2D eigenvalue weighted by molar-refractivity contribution is 6.08. The maximum Gasteiger partial charge on any atom is 0.326 e. The fourth-order valence-corrected chi connectivity index (χ4v) is 5.05. The number of aromatic amines is 1. The van der Waals surface area contributed by atoms with Gasteiger partial charge in [-0.05, 0) is 48.9 Å². The molecule has 182 valence electrons. The number of H-pyrrole nitrogens is 1. The summed E-state index contributed by atoms with van der Waals surface area (Å²) in [5.41, 5.74) is 6.03. The summed E-state index contributed by atoms with van der Waals surface area (Å²) in [5.74, 6) is -1.18. The van der Waals surface area contributed by atoms with Crippen molar-refractivity contribution in [2.24, 2.45) is 0 Å². The number of aryl methyl sites for hydroxylation is 1. The smallest absolute Gasteiger partial charge is 0.326 e. The molecule has 36 heavy (non-hydrogen) atoms. The van der Waals surface area contributed by atoms with E-state index in [4.69, 9.17) is 0 Å². The molecule has 0 fully saturated rings. The number of carbonyl (C=O) groups is 2. The Morgan fingerprint density at radius 2 is 1.83 bits per heavy atom. The summed E-state index contributed by atoms with van der Waals surface area (Å²) >= 11 is 0. The monoisotopic (exact) mass is 479 g/mol. The molecule has 0 saturated heterocycles. The molecule has 0 radical (unpaired) electrons. The third-order valence-corrected chi connectivity index (χ3v) is 6.86. The van der Waals surface area contributed by atoms with E-state index in [-0.39, 0.29) is 12.2 Å². The van der Waals surface area contributed by atoms with Crippen LogP contribution >= 0.6 is 0 Å². The minimum Gasteiger partial charge on any atom is -0.480 e. The zero-order valence-electron chi connectivity index (χ0n) is 20.0. The van der Waals surface area contributed by atoms with E-state index in [9.17, 15) is 14.7 Å². The number of carboxylic acids is 1. The molecule has 4 aromatic rings.